The van der Waals surface area contributed by atoms with Crippen molar-refractivity contribution >= 4 is 60.0 Å². The lowest BCUT2D eigenvalue weighted by atomic mass is 10.1. The molecule has 1 heterocycles. The van der Waals surface area contributed by atoms with Crippen LogP contribution < -0.4 is 21.1 Å². The van der Waals surface area contributed by atoms with E-state index in [-0.39, 0.29) is 43.0 Å². The standard InChI is InChI=1S/C21H34N4O4S.3ClH/c1-21(20(27)28)15-30-19(25-21)17-7-6-16(14-18(17)26)29-13-3-2-9-23-11-5-12-24-10-4-8-22;;;/h6-7,14,23-24,26H,2-5,8-13,15,22H2,1H3,(H,27,28);3*1H/t21-;;;/m1.../s1. The molecule has 6 N–H and O–H groups in total. The van der Waals surface area contributed by atoms with Crippen molar-refractivity contribution in [1.29, 1.82) is 0 Å². The number of halogens is 3. The molecule has 0 bridgehead atoms. The number of aliphatic carboxylic acids is 1. The summed E-state index contributed by atoms with van der Waals surface area (Å²) in [5, 5.41) is 26.9. The van der Waals surface area contributed by atoms with Gasteiger partial charge in [-0.05, 0) is 77.5 Å². The third-order valence-corrected chi connectivity index (χ3v) is 6.07. The van der Waals surface area contributed by atoms with Gasteiger partial charge in [-0.15, -0.1) is 49.0 Å². The van der Waals surface area contributed by atoms with Crippen molar-refractivity contribution in [2.75, 3.05) is 45.1 Å². The SMILES string of the molecule is C[C@]1(C(=O)O)CSC(c2ccc(OCCCCNCCCNCCCN)cc2O)=N1.Cl.Cl.Cl. The molecule has 1 aliphatic rings. The first-order valence-electron chi connectivity index (χ1n) is 10.5. The molecule has 1 aromatic carbocycles. The number of aliphatic imine (C=N–C) groups is 1. The number of carbonyl (C=O) groups is 1. The van der Waals surface area contributed by atoms with Crippen molar-refractivity contribution in [3.8, 4) is 11.5 Å². The van der Waals surface area contributed by atoms with E-state index in [0.717, 1.165) is 58.4 Å². The number of phenols is 1. The number of carboxylic acid groups (broad SMARTS) is 1. The van der Waals surface area contributed by atoms with Crippen LogP contribution in [0.3, 0.4) is 0 Å². The van der Waals surface area contributed by atoms with Crippen LogP contribution in [0.5, 0.6) is 11.5 Å². The number of rotatable bonds is 15. The number of ether oxygens (including phenoxy) is 1. The normalized spacial score (nSPS) is 16.7. The molecular weight excluding hydrogens is 511 g/mol. The van der Waals surface area contributed by atoms with Crippen molar-refractivity contribution in [2.24, 2.45) is 10.7 Å². The molecule has 2 rings (SSSR count). The topological polar surface area (TPSA) is 129 Å². The molecule has 0 radical (unpaired) electrons. The van der Waals surface area contributed by atoms with Crippen LogP contribution in [0.2, 0.25) is 0 Å². The molecule has 0 amide bonds. The second-order valence-electron chi connectivity index (χ2n) is 7.51. The van der Waals surface area contributed by atoms with Gasteiger partial charge in [-0.3, -0.25) is 4.99 Å². The Kier molecular flexibility index (Phi) is 19.1. The van der Waals surface area contributed by atoms with Gasteiger partial charge in [0.05, 0.1) is 6.61 Å². The number of thioether (sulfide) groups is 1. The molecule has 0 spiro atoms. The van der Waals surface area contributed by atoms with E-state index in [1.54, 1.807) is 25.1 Å². The van der Waals surface area contributed by atoms with E-state index in [4.69, 9.17) is 10.5 Å². The Morgan fingerprint density at radius 1 is 1.12 bits per heavy atom. The van der Waals surface area contributed by atoms with Gasteiger partial charge in [-0.2, -0.15) is 0 Å². The summed E-state index contributed by atoms with van der Waals surface area (Å²) in [4.78, 5) is 15.6. The molecule has 0 fully saturated rings. The molecule has 1 atom stereocenters. The van der Waals surface area contributed by atoms with Crippen molar-refractivity contribution in [3.05, 3.63) is 23.8 Å². The quantitative estimate of drug-likeness (QED) is 0.212. The van der Waals surface area contributed by atoms with Gasteiger partial charge in [-0.25, -0.2) is 4.79 Å². The maximum atomic E-state index is 11.3. The van der Waals surface area contributed by atoms with Gasteiger partial charge in [0.1, 0.15) is 16.5 Å². The molecule has 0 saturated heterocycles. The molecule has 0 aromatic heterocycles. The molecule has 192 valence electrons. The smallest absolute Gasteiger partial charge is 0.332 e. The third kappa shape index (κ3) is 11.8. The average molecular weight is 548 g/mol. The predicted octanol–water partition coefficient (Wildman–Crippen LogP) is 3.07. The average Bonchev–Trinajstić information content (AvgIpc) is 3.12. The summed E-state index contributed by atoms with van der Waals surface area (Å²) in [5.74, 6) is 0.0411. The van der Waals surface area contributed by atoms with Crippen LogP contribution in [0.1, 0.15) is 38.2 Å². The molecule has 8 nitrogen and oxygen atoms in total. The Balaban J connectivity index is 0. The van der Waals surface area contributed by atoms with Gasteiger partial charge in [-0.1, -0.05) is 0 Å². The Morgan fingerprint density at radius 3 is 2.33 bits per heavy atom. The van der Waals surface area contributed by atoms with Crippen molar-refractivity contribution in [1.82, 2.24) is 10.6 Å². The maximum Gasteiger partial charge on any atom is 0.332 e. The van der Waals surface area contributed by atoms with Crippen LogP contribution in [-0.2, 0) is 4.79 Å². The van der Waals surface area contributed by atoms with Crippen LogP contribution in [-0.4, -0.2) is 71.8 Å². The van der Waals surface area contributed by atoms with Crippen molar-refractivity contribution in [3.63, 3.8) is 0 Å². The van der Waals surface area contributed by atoms with E-state index >= 15 is 0 Å². The van der Waals surface area contributed by atoms with Crippen LogP contribution >= 0.6 is 49.0 Å². The zero-order valence-electron chi connectivity index (χ0n) is 18.9. The van der Waals surface area contributed by atoms with Crippen molar-refractivity contribution < 1.29 is 19.7 Å². The van der Waals surface area contributed by atoms with E-state index < -0.39 is 11.5 Å². The van der Waals surface area contributed by atoms with E-state index in [1.165, 1.54) is 11.8 Å². The lowest BCUT2D eigenvalue weighted by Crippen LogP contribution is -2.33. The lowest BCUT2D eigenvalue weighted by Gasteiger charge is -2.12. The zero-order chi connectivity index (χ0) is 21.8. The summed E-state index contributed by atoms with van der Waals surface area (Å²) in [6.45, 7) is 6.84. The second-order valence-corrected chi connectivity index (χ2v) is 8.48. The molecule has 0 unspecified atom stereocenters. The van der Waals surface area contributed by atoms with Crippen LogP contribution in [0.4, 0.5) is 0 Å². The zero-order valence-corrected chi connectivity index (χ0v) is 22.1. The molecule has 0 aliphatic carbocycles. The Bertz CT molecular complexity index is 731. The number of carboxylic acids is 1. The number of nitrogens with zero attached hydrogens (tertiary/aromatic N) is 1. The Labute approximate surface area is 219 Å². The lowest BCUT2D eigenvalue weighted by molar-refractivity contribution is -0.141. The maximum absolute atomic E-state index is 11.3. The minimum absolute atomic E-state index is 0. The van der Waals surface area contributed by atoms with Gasteiger partial charge in [0, 0.05) is 17.4 Å². The fourth-order valence-electron chi connectivity index (χ4n) is 2.88. The second kappa shape index (κ2) is 18.4. The first-order chi connectivity index (χ1) is 14.5. The monoisotopic (exact) mass is 546 g/mol. The molecule has 1 aromatic rings. The fraction of sp³-hybridized carbons (Fsp3) is 0.619. The van der Waals surface area contributed by atoms with Gasteiger partial charge in [0.15, 0.2) is 5.54 Å². The fourth-order valence-corrected chi connectivity index (χ4v) is 4.08. The van der Waals surface area contributed by atoms with E-state index in [0.29, 0.717) is 28.7 Å². The van der Waals surface area contributed by atoms with Gasteiger partial charge >= 0.3 is 5.97 Å². The first kappa shape index (κ1) is 34.2. The van der Waals surface area contributed by atoms with E-state index in [2.05, 4.69) is 15.6 Å². The number of unbranched alkanes of at least 4 members (excludes halogenated alkanes) is 1. The largest absolute Gasteiger partial charge is 0.507 e. The highest BCUT2D eigenvalue weighted by Gasteiger charge is 2.39. The summed E-state index contributed by atoms with van der Waals surface area (Å²) >= 11 is 1.34. The summed E-state index contributed by atoms with van der Waals surface area (Å²) < 4.78 is 5.72. The van der Waals surface area contributed by atoms with Gasteiger partial charge < -0.3 is 31.3 Å². The summed E-state index contributed by atoms with van der Waals surface area (Å²) in [5.41, 5.74) is 4.84. The van der Waals surface area contributed by atoms with Crippen LogP contribution in [0.15, 0.2) is 23.2 Å². The summed E-state index contributed by atoms with van der Waals surface area (Å²) in [6.07, 6.45) is 4.06. The van der Waals surface area contributed by atoms with E-state index in [1.807, 2.05) is 0 Å². The summed E-state index contributed by atoms with van der Waals surface area (Å²) in [6, 6.07) is 5.07. The van der Waals surface area contributed by atoms with Gasteiger partial charge in [0.2, 0.25) is 0 Å². The molecule has 33 heavy (non-hydrogen) atoms. The van der Waals surface area contributed by atoms with Crippen molar-refractivity contribution in [2.45, 2.75) is 38.1 Å². The minimum Gasteiger partial charge on any atom is -0.507 e. The van der Waals surface area contributed by atoms with E-state index in [9.17, 15) is 15.0 Å². The number of nitrogens with two attached hydrogens (primary N) is 1. The minimum atomic E-state index is -1.14. The number of hydrogen-bond acceptors (Lipinski definition) is 8. The van der Waals surface area contributed by atoms with Gasteiger partial charge in [0.25, 0.3) is 0 Å². The predicted molar refractivity (Wildman–Crippen MR) is 144 cm³/mol. The Morgan fingerprint density at radius 2 is 1.76 bits per heavy atom. The molecule has 1 aliphatic heterocycles. The highest BCUT2D eigenvalue weighted by Crippen LogP contribution is 2.35. The number of aromatic hydroxyl groups is 1. The molecule has 0 saturated carbocycles. The highest BCUT2D eigenvalue weighted by atomic mass is 35.5. The molecule has 12 heteroatoms. The first-order valence-corrected chi connectivity index (χ1v) is 11.5. The van der Waals surface area contributed by atoms with Crippen LogP contribution in [0.25, 0.3) is 0 Å². The summed E-state index contributed by atoms with van der Waals surface area (Å²) in [7, 11) is 0. The number of benzene rings is 1. The number of phenolic OH excluding ortho intramolecular Hbond substituents is 1. The third-order valence-electron chi connectivity index (χ3n) is 4.78. The van der Waals surface area contributed by atoms with Crippen LogP contribution in [0, 0.1) is 0 Å². The number of hydrogen-bond donors (Lipinski definition) is 5. The Hall–Kier alpha value is -0.940. The number of nitrogens with one attached hydrogen (secondary N) is 2. The highest BCUT2D eigenvalue weighted by molar-refractivity contribution is 8.14. The molecular formula is C21H37Cl3N4O4S.